The van der Waals surface area contributed by atoms with Crippen molar-refractivity contribution in [2.75, 3.05) is 44.7 Å². The van der Waals surface area contributed by atoms with Crippen molar-refractivity contribution in [3.63, 3.8) is 0 Å². The number of carbonyl (C=O) groups is 1. The van der Waals surface area contributed by atoms with E-state index in [4.69, 9.17) is 0 Å². The molecule has 2 aliphatic rings. The zero-order chi connectivity index (χ0) is 17.7. The number of rotatable bonds is 7. The first-order valence-electron chi connectivity index (χ1n) is 9.27. The molecule has 0 aromatic heterocycles. The van der Waals surface area contributed by atoms with E-state index in [2.05, 4.69) is 10.2 Å². The van der Waals surface area contributed by atoms with Crippen LogP contribution >= 0.6 is 0 Å². The highest BCUT2D eigenvalue weighted by atomic mass is 32.2. The second kappa shape index (κ2) is 8.63. The average Bonchev–Trinajstić information content (AvgIpc) is 2.93. The molecule has 1 amide bonds. The lowest BCUT2D eigenvalue weighted by molar-refractivity contribution is -0.138. The van der Waals surface area contributed by atoms with Gasteiger partial charge in [-0.15, -0.1) is 0 Å². The summed E-state index contributed by atoms with van der Waals surface area (Å²) in [6, 6.07) is -0.290. The first kappa shape index (κ1) is 19.7. The minimum absolute atomic E-state index is 0.0910. The maximum atomic E-state index is 12.9. The third-order valence-electron chi connectivity index (χ3n) is 5.63. The van der Waals surface area contributed by atoms with Gasteiger partial charge < -0.3 is 10.2 Å². The lowest BCUT2D eigenvalue weighted by Crippen LogP contribution is -2.52. The van der Waals surface area contributed by atoms with E-state index in [0.717, 1.165) is 38.4 Å². The van der Waals surface area contributed by atoms with Gasteiger partial charge in [-0.1, -0.05) is 0 Å². The molecule has 0 aromatic carbocycles. The van der Waals surface area contributed by atoms with Crippen LogP contribution in [0.4, 0.5) is 0 Å². The highest BCUT2D eigenvalue weighted by Gasteiger charge is 2.37. The Kier molecular flexibility index (Phi) is 7.07. The molecule has 0 bridgehead atoms. The fourth-order valence-electron chi connectivity index (χ4n) is 3.99. The summed E-state index contributed by atoms with van der Waals surface area (Å²) in [5.41, 5.74) is 0. The fraction of sp³-hybridized carbons (Fsp3) is 0.941. The van der Waals surface area contributed by atoms with Crippen LogP contribution in [0.2, 0.25) is 0 Å². The second-order valence-electron chi connectivity index (χ2n) is 7.23. The van der Waals surface area contributed by atoms with Crippen molar-refractivity contribution in [1.29, 1.82) is 0 Å². The fourth-order valence-corrected chi connectivity index (χ4v) is 5.72. The molecular weight excluding hydrogens is 326 g/mol. The van der Waals surface area contributed by atoms with E-state index in [1.165, 1.54) is 6.42 Å². The van der Waals surface area contributed by atoms with Crippen LogP contribution in [0, 0.1) is 5.92 Å². The Morgan fingerprint density at radius 3 is 2.46 bits per heavy atom. The van der Waals surface area contributed by atoms with Gasteiger partial charge >= 0.3 is 0 Å². The molecule has 2 aliphatic heterocycles. The molecule has 2 fully saturated rings. The van der Waals surface area contributed by atoms with Gasteiger partial charge in [0.2, 0.25) is 5.91 Å². The number of nitrogens with zero attached hydrogens (tertiary/aromatic N) is 2. The summed E-state index contributed by atoms with van der Waals surface area (Å²) in [4.78, 5) is 17.0. The van der Waals surface area contributed by atoms with Crippen molar-refractivity contribution < 1.29 is 13.2 Å². The Morgan fingerprint density at radius 1 is 1.29 bits per heavy atom. The normalized spacial score (nSPS) is 26.4. The number of hydrogen-bond donors (Lipinski definition) is 1. The summed E-state index contributed by atoms with van der Waals surface area (Å²) in [6.45, 7) is 7.48. The van der Waals surface area contributed by atoms with Gasteiger partial charge in [0, 0.05) is 12.6 Å². The van der Waals surface area contributed by atoms with Gasteiger partial charge in [-0.2, -0.15) is 0 Å². The van der Waals surface area contributed by atoms with E-state index < -0.39 is 9.84 Å². The predicted molar refractivity (Wildman–Crippen MR) is 96.7 cm³/mol. The Labute approximate surface area is 146 Å². The molecule has 2 atom stereocenters. The van der Waals surface area contributed by atoms with Gasteiger partial charge in [-0.3, -0.25) is 9.69 Å². The first-order chi connectivity index (χ1) is 11.4. The quantitative estimate of drug-likeness (QED) is 0.726. The molecule has 1 N–H and O–H groups in total. The lowest BCUT2D eigenvalue weighted by atomic mass is 9.92. The summed E-state index contributed by atoms with van der Waals surface area (Å²) in [5, 5.41) is 3.20. The van der Waals surface area contributed by atoms with Crippen LogP contribution in [0.25, 0.3) is 0 Å². The number of piperidine rings is 1. The van der Waals surface area contributed by atoms with Crippen molar-refractivity contribution in [1.82, 2.24) is 15.1 Å². The molecule has 2 heterocycles. The predicted octanol–water partition coefficient (Wildman–Crippen LogP) is 0.732. The van der Waals surface area contributed by atoms with E-state index in [1.54, 1.807) is 4.90 Å². The van der Waals surface area contributed by atoms with Crippen LogP contribution in [0.5, 0.6) is 0 Å². The van der Waals surface area contributed by atoms with Gasteiger partial charge in [0.15, 0.2) is 9.84 Å². The van der Waals surface area contributed by atoms with Crippen molar-refractivity contribution in [2.45, 2.75) is 51.6 Å². The number of likely N-dealkylation sites (tertiary alicyclic amines) is 1. The Hall–Kier alpha value is -0.660. The standard InChI is InChI=1S/C17H33N3O3S/c1-4-20(16-8-12-24(22,23)13-16)17(21)14(2)19-10-6-15(7-11-19)5-9-18-3/h14-16,18H,4-13H2,1-3H3. The molecule has 0 spiro atoms. The van der Waals surface area contributed by atoms with Gasteiger partial charge in [-0.05, 0) is 72.1 Å². The van der Waals surface area contributed by atoms with Crippen LogP contribution in [0.1, 0.15) is 39.5 Å². The third kappa shape index (κ3) is 4.92. The molecule has 0 radical (unpaired) electrons. The summed E-state index contributed by atoms with van der Waals surface area (Å²) in [6.07, 6.45) is 4.07. The Bertz CT molecular complexity index is 515. The minimum atomic E-state index is -2.96. The zero-order valence-corrected chi connectivity index (χ0v) is 16.1. The minimum Gasteiger partial charge on any atom is -0.338 e. The number of likely N-dealkylation sites (N-methyl/N-ethyl adjacent to an activating group) is 1. The zero-order valence-electron chi connectivity index (χ0n) is 15.3. The highest BCUT2D eigenvalue weighted by Crippen LogP contribution is 2.24. The molecule has 140 valence electrons. The van der Waals surface area contributed by atoms with Crippen LogP contribution in [-0.2, 0) is 14.6 Å². The SMILES string of the molecule is CCN(C(=O)C(C)N1CCC(CCNC)CC1)C1CCS(=O)(=O)C1. The van der Waals surface area contributed by atoms with E-state index >= 15 is 0 Å². The van der Waals surface area contributed by atoms with Crippen LogP contribution in [0.15, 0.2) is 0 Å². The van der Waals surface area contributed by atoms with Crippen LogP contribution in [-0.4, -0.2) is 80.9 Å². The maximum Gasteiger partial charge on any atom is 0.239 e. The van der Waals surface area contributed by atoms with Crippen molar-refractivity contribution in [2.24, 2.45) is 5.92 Å². The molecule has 2 unspecified atom stereocenters. The summed E-state index contributed by atoms with van der Waals surface area (Å²) in [5.74, 6) is 1.18. The molecule has 0 saturated carbocycles. The van der Waals surface area contributed by atoms with E-state index in [0.29, 0.717) is 13.0 Å². The molecule has 6 nitrogen and oxygen atoms in total. The number of amides is 1. The second-order valence-corrected chi connectivity index (χ2v) is 9.46. The molecule has 0 aliphatic carbocycles. The average molecular weight is 360 g/mol. The Balaban J connectivity index is 1.89. The topological polar surface area (TPSA) is 69.7 Å². The van der Waals surface area contributed by atoms with Crippen molar-refractivity contribution in [3.05, 3.63) is 0 Å². The molecule has 2 rings (SSSR count). The highest BCUT2D eigenvalue weighted by molar-refractivity contribution is 7.91. The number of carbonyl (C=O) groups excluding carboxylic acids is 1. The molecule has 2 saturated heterocycles. The number of nitrogens with one attached hydrogen (secondary N) is 1. The smallest absolute Gasteiger partial charge is 0.239 e. The van der Waals surface area contributed by atoms with E-state index in [9.17, 15) is 13.2 Å². The number of hydrogen-bond acceptors (Lipinski definition) is 5. The van der Waals surface area contributed by atoms with E-state index in [1.807, 2.05) is 20.9 Å². The monoisotopic (exact) mass is 359 g/mol. The van der Waals surface area contributed by atoms with Gasteiger partial charge in [0.05, 0.1) is 17.5 Å². The van der Waals surface area contributed by atoms with Gasteiger partial charge in [0.25, 0.3) is 0 Å². The van der Waals surface area contributed by atoms with Gasteiger partial charge in [0.1, 0.15) is 0 Å². The van der Waals surface area contributed by atoms with Gasteiger partial charge in [-0.25, -0.2) is 8.42 Å². The van der Waals surface area contributed by atoms with Crippen molar-refractivity contribution in [3.8, 4) is 0 Å². The van der Waals surface area contributed by atoms with E-state index in [-0.39, 0.29) is 29.5 Å². The van der Waals surface area contributed by atoms with Crippen molar-refractivity contribution >= 4 is 15.7 Å². The lowest BCUT2D eigenvalue weighted by Gasteiger charge is -2.38. The van der Waals surface area contributed by atoms with Crippen LogP contribution in [0.3, 0.4) is 0 Å². The first-order valence-corrected chi connectivity index (χ1v) is 11.1. The Morgan fingerprint density at radius 2 is 1.96 bits per heavy atom. The largest absolute Gasteiger partial charge is 0.338 e. The van der Waals surface area contributed by atoms with Crippen LogP contribution < -0.4 is 5.32 Å². The summed E-state index contributed by atoms with van der Waals surface area (Å²) >= 11 is 0. The summed E-state index contributed by atoms with van der Waals surface area (Å²) in [7, 11) is -0.980. The molecule has 7 heteroatoms. The third-order valence-corrected chi connectivity index (χ3v) is 7.38. The molecule has 24 heavy (non-hydrogen) atoms. The maximum absolute atomic E-state index is 12.9. The molecular formula is C17H33N3O3S. The molecule has 0 aromatic rings. The number of sulfone groups is 1. The summed E-state index contributed by atoms with van der Waals surface area (Å²) < 4.78 is 23.4.